The average Bonchev–Trinajstić information content (AvgIpc) is 2.81. The summed E-state index contributed by atoms with van der Waals surface area (Å²) in [7, 11) is 0. The molecule has 3 rings (SSSR count). The Hall–Kier alpha value is -1.51. The molecule has 1 unspecified atom stereocenters. The zero-order valence-electron chi connectivity index (χ0n) is 12.3. The van der Waals surface area contributed by atoms with E-state index in [9.17, 15) is 0 Å². The number of fused-ring (bicyclic) bond motifs is 1. The van der Waals surface area contributed by atoms with Gasteiger partial charge in [0.1, 0.15) is 0 Å². The molecule has 0 bridgehead atoms. The summed E-state index contributed by atoms with van der Waals surface area (Å²) >= 11 is 5.88. The summed E-state index contributed by atoms with van der Waals surface area (Å²) in [6.45, 7) is 4.59. The number of para-hydroxylation sites is 1. The second-order valence-electron chi connectivity index (χ2n) is 5.55. The van der Waals surface area contributed by atoms with Crippen molar-refractivity contribution in [2.24, 2.45) is 0 Å². The highest BCUT2D eigenvalue weighted by molar-refractivity contribution is 6.30. The van der Waals surface area contributed by atoms with Crippen molar-refractivity contribution < 1.29 is 4.74 Å². The number of ether oxygens (including phenoxy) is 1. The van der Waals surface area contributed by atoms with E-state index in [4.69, 9.17) is 16.3 Å². The van der Waals surface area contributed by atoms with Crippen LogP contribution in [-0.4, -0.2) is 19.2 Å². The van der Waals surface area contributed by atoms with Crippen molar-refractivity contribution in [3.8, 4) is 0 Å². The lowest BCUT2D eigenvalue weighted by Gasteiger charge is -2.24. The second kappa shape index (κ2) is 6.50. The molecule has 2 aromatic carbocycles. The van der Waals surface area contributed by atoms with Crippen LogP contribution in [0, 0.1) is 0 Å². The topological polar surface area (TPSA) is 12.5 Å². The first-order chi connectivity index (χ1) is 10.2. The monoisotopic (exact) mass is 301 g/mol. The average molecular weight is 302 g/mol. The number of hydrogen-bond donors (Lipinski definition) is 0. The normalized spacial score (nSPS) is 17.0. The lowest BCUT2D eigenvalue weighted by Crippen LogP contribution is -2.32. The molecule has 3 heteroatoms. The predicted octanol–water partition coefficient (Wildman–Crippen LogP) is 4.31. The quantitative estimate of drug-likeness (QED) is 0.763. The van der Waals surface area contributed by atoms with E-state index in [1.165, 1.54) is 11.3 Å². The Morgan fingerprint density at radius 2 is 1.90 bits per heavy atom. The maximum Gasteiger partial charge on any atom is 0.0717 e. The van der Waals surface area contributed by atoms with Gasteiger partial charge in [0, 0.05) is 23.3 Å². The minimum Gasteiger partial charge on any atom is -0.375 e. The van der Waals surface area contributed by atoms with Gasteiger partial charge in [-0.15, -0.1) is 0 Å². The van der Waals surface area contributed by atoms with E-state index in [1.807, 2.05) is 24.3 Å². The van der Waals surface area contributed by atoms with Crippen LogP contribution in [0.25, 0.3) is 0 Å². The summed E-state index contributed by atoms with van der Waals surface area (Å²) < 4.78 is 5.80. The van der Waals surface area contributed by atoms with Gasteiger partial charge in [0.15, 0.2) is 0 Å². The number of hydrogen-bond acceptors (Lipinski definition) is 2. The van der Waals surface area contributed by atoms with Crippen molar-refractivity contribution in [2.75, 3.05) is 18.1 Å². The molecule has 0 saturated heterocycles. The molecule has 0 aliphatic carbocycles. The number of halogens is 1. The minimum atomic E-state index is 0.557. The van der Waals surface area contributed by atoms with E-state index < -0.39 is 0 Å². The highest BCUT2D eigenvalue weighted by atomic mass is 35.5. The molecule has 0 aromatic heterocycles. The molecule has 0 radical (unpaired) electrons. The predicted molar refractivity (Wildman–Crippen MR) is 88.1 cm³/mol. The van der Waals surface area contributed by atoms with E-state index in [1.54, 1.807) is 0 Å². The first-order valence-electron chi connectivity index (χ1n) is 7.41. The Kier molecular flexibility index (Phi) is 4.47. The summed E-state index contributed by atoms with van der Waals surface area (Å²) in [6, 6.07) is 17.0. The standard InChI is InChI=1S/C18H20ClNO/c1-14-12-16-4-2-3-5-18(16)20(14)10-11-21-13-15-6-8-17(19)9-7-15/h2-9,14H,10-13H2,1H3. The fraction of sp³-hybridized carbons (Fsp3) is 0.333. The van der Waals surface area contributed by atoms with Crippen LogP contribution in [0.5, 0.6) is 0 Å². The molecule has 2 aromatic rings. The second-order valence-corrected chi connectivity index (χ2v) is 5.99. The Balaban J connectivity index is 1.50. The van der Waals surface area contributed by atoms with Crippen molar-refractivity contribution in [3.63, 3.8) is 0 Å². The number of rotatable bonds is 5. The van der Waals surface area contributed by atoms with Gasteiger partial charge in [-0.25, -0.2) is 0 Å². The van der Waals surface area contributed by atoms with Crippen LogP contribution < -0.4 is 4.90 Å². The molecule has 0 amide bonds. The lowest BCUT2D eigenvalue weighted by molar-refractivity contribution is 0.126. The molecule has 1 aliphatic heterocycles. The highest BCUT2D eigenvalue weighted by Crippen LogP contribution is 2.31. The maximum absolute atomic E-state index is 5.88. The van der Waals surface area contributed by atoms with E-state index in [-0.39, 0.29) is 0 Å². The third-order valence-electron chi connectivity index (χ3n) is 4.01. The summed E-state index contributed by atoms with van der Waals surface area (Å²) in [5, 5.41) is 0.765. The molecule has 0 fully saturated rings. The lowest BCUT2D eigenvalue weighted by atomic mass is 10.1. The van der Waals surface area contributed by atoms with Crippen molar-refractivity contribution in [2.45, 2.75) is 26.0 Å². The van der Waals surface area contributed by atoms with Crippen molar-refractivity contribution in [1.82, 2.24) is 0 Å². The van der Waals surface area contributed by atoms with E-state index >= 15 is 0 Å². The van der Waals surface area contributed by atoms with E-state index in [0.717, 1.165) is 30.2 Å². The van der Waals surface area contributed by atoms with Crippen LogP contribution in [0.15, 0.2) is 48.5 Å². The first-order valence-corrected chi connectivity index (χ1v) is 7.78. The molecule has 1 atom stereocenters. The molecule has 1 heterocycles. The Morgan fingerprint density at radius 1 is 1.14 bits per heavy atom. The Bertz CT molecular complexity index is 596. The summed E-state index contributed by atoms with van der Waals surface area (Å²) in [4.78, 5) is 2.44. The van der Waals surface area contributed by atoms with Crippen molar-refractivity contribution >= 4 is 17.3 Å². The summed E-state index contributed by atoms with van der Waals surface area (Å²) in [5.74, 6) is 0. The Morgan fingerprint density at radius 3 is 2.71 bits per heavy atom. The fourth-order valence-corrected chi connectivity index (χ4v) is 3.03. The van der Waals surface area contributed by atoms with Crippen LogP contribution in [0.3, 0.4) is 0 Å². The SMILES string of the molecule is CC1Cc2ccccc2N1CCOCc1ccc(Cl)cc1. The van der Waals surface area contributed by atoms with Crippen LogP contribution in [0.2, 0.25) is 5.02 Å². The third-order valence-corrected chi connectivity index (χ3v) is 4.26. The maximum atomic E-state index is 5.88. The van der Waals surface area contributed by atoms with Gasteiger partial charge in [0.2, 0.25) is 0 Å². The van der Waals surface area contributed by atoms with Gasteiger partial charge in [-0.2, -0.15) is 0 Å². The molecular weight excluding hydrogens is 282 g/mol. The molecule has 0 spiro atoms. The Labute approximate surface area is 131 Å². The smallest absolute Gasteiger partial charge is 0.0717 e. The minimum absolute atomic E-state index is 0.557. The van der Waals surface area contributed by atoms with Crippen LogP contribution in [0.4, 0.5) is 5.69 Å². The zero-order chi connectivity index (χ0) is 14.7. The molecule has 1 aliphatic rings. The largest absolute Gasteiger partial charge is 0.375 e. The van der Waals surface area contributed by atoms with Gasteiger partial charge in [0.05, 0.1) is 13.2 Å². The highest BCUT2D eigenvalue weighted by Gasteiger charge is 2.24. The van der Waals surface area contributed by atoms with Crippen molar-refractivity contribution in [3.05, 3.63) is 64.7 Å². The number of nitrogens with zero attached hydrogens (tertiary/aromatic N) is 1. The van der Waals surface area contributed by atoms with Gasteiger partial charge >= 0.3 is 0 Å². The molecule has 2 nitrogen and oxygen atoms in total. The number of anilines is 1. The van der Waals surface area contributed by atoms with E-state index in [2.05, 4.69) is 36.1 Å². The molecule has 110 valence electrons. The molecular formula is C18H20ClNO. The van der Waals surface area contributed by atoms with Gasteiger partial charge < -0.3 is 9.64 Å². The molecule has 21 heavy (non-hydrogen) atoms. The number of benzene rings is 2. The van der Waals surface area contributed by atoms with E-state index in [0.29, 0.717) is 12.6 Å². The molecule has 0 N–H and O–H groups in total. The van der Waals surface area contributed by atoms with Gasteiger partial charge in [-0.3, -0.25) is 0 Å². The van der Waals surface area contributed by atoms with Crippen molar-refractivity contribution in [1.29, 1.82) is 0 Å². The summed E-state index contributed by atoms with van der Waals surface area (Å²) in [6.07, 6.45) is 1.13. The first kappa shape index (κ1) is 14.4. The van der Waals surface area contributed by atoms with Gasteiger partial charge in [0.25, 0.3) is 0 Å². The van der Waals surface area contributed by atoms with Gasteiger partial charge in [-0.1, -0.05) is 41.9 Å². The van der Waals surface area contributed by atoms with Gasteiger partial charge in [-0.05, 0) is 42.7 Å². The summed E-state index contributed by atoms with van der Waals surface area (Å²) in [5.41, 5.74) is 3.97. The van der Waals surface area contributed by atoms with Crippen LogP contribution >= 0.6 is 11.6 Å². The van der Waals surface area contributed by atoms with Crippen LogP contribution in [-0.2, 0) is 17.8 Å². The zero-order valence-corrected chi connectivity index (χ0v) is 13.0. The fourth-order valence-electron chi connectivity index (χ4n) is 2.90. The molecule has 0 saturated carbocycles. The van der Waals surface area contributed by atoms with Crippen LogP contribution in [0.1, 0.15) is 18.1 Å². The third kappa shape index (κ3) is 3.39.